The zero-order valence-electron chi connectivity index (χ0n) is 22.7. The van der Waals surface area contributed by atoms with Crippen molar-refractivity contribution in [3.63, 3.8) is 0 Å². The Morgan fingerprint density at radius 2 is 1.61 bits per heavy atom. The number of aryl methyl sites for hydroxylation is 1. The summed E-state index contributed by atoms with van der Waals surface area (Å²) in [5.74, 6) is -1.58. The number of carbonyl (C=O) groups excluding carboxylic acids is 3. The Hall–Kier alpha value is -4.16. The van der Waals surface area contributed by atoms with Crippen LogP contribution in [0.4, 0.5) is 10.5 Å². The predicted octanol–water partition coefficient (Wildman–Crippen LogP) is 7.08. The summed E-state index contributed by atoms with van der Waals surface area (Å²) in [6, 6.07) is 20.6. The molecule has 0 radical (unpaired) electrons. The molecule has 4 amide bonds. The van der Waals surface area contributed by atoms with Gasteiger partial charge in [-0.25, -0.2) is 9.69 Å². The van der Waals surface area contributed by atoms with Crippen molar-refractivity contribution >= 4 is 78.9 Å². The van der Waals surface area contributed by atoms with Gasteiger partial charge in [-0.15, -0.1) is 0 Å². The third-order valence-corrected chi connectivity index (χ3v) is 8.72. The Kier molecular flexibility index (Phi) is 9.12. The van der Waals surface area contributed by atoms with Gasteiger partial charge in [-0.1, -0.05) is 62.9 Å². The second kappa shape index (κ2) is 12.8. The van der Waals surface area contributed by atoms with E-state index in [-0.39, 0.29) is 28.5 Å². The summed E-state index contributed by atoms with van der Waals surface area (Å²) in [6.45, 7) is 1.97. The first kappa shape index (κ1) is 31.3. The van der Waals surface area contributed by atoms with Crippen molar-refractivity contribution in [1.82, 2.24) is 5.32 Å². The number of nitrogens with one attached hydrogen (secondary N) is 1. The number of amides is 4. The van der Waals surface area contributed by atoms with Crippen LogP contribution in [0.5, 0.6) is 11.5 Å². The molecule has 1 aliphatic heterocycles. The van der Waals surface area contributed by atoms with Crippen LogP contribution < -0.4 is 19.1 Å². The average molecular weight is 716 g/mol. The molecule has 4 aromatic carbocycles. The van der Waals surface area contributed by atoms with Crippen LogP contribution in [0, 0.1) is 6.92 Å². The Labute approximate surface area is 271 Å². The van der Waals surface area contributed by atoms with E-state index < -0.39 is 33.5 Å². The topological polar surface area (TPSA) is 119 Å². The molecule has 0 spiro atoms. The first-order valence-corrected chi connectivity index (χ1v) is 15.8. The summed E-state index contributed by atoms with van der Waals surface area (Å²) in [5.41, 5.74) is 1.42. The fourth-order valence-electron chi connectivity index (χ4n) is 4.12. The molecule has 1 N–H and O–H groups in total. The Morgan fingerprint density at radius 3 is 2.30 bits per heavy atom. The number of anilines is 1. The zero-order chi connectivity index (χ0) is 31.6. The first-order valence-electron chi connectivity index (χ1n) is 12.8. The summed E-state index contributed by atoms with van der Waals surface area (Å²) in [4.78, 5) is 39.7. The number of nitrogens with zero attached hydrogens (tertiary/aromatic N) is 1. The second-order valence-corrected chi connectivity index (χ2v) is 12.8. The van der Waals surface area contributed by atoms with Crippen LogP contribution in [0.3, 0.4) is 0 Å². The lowest BCUT2D eigenvalue weighted by molar-refractivity contribution is -0.122. The first-order chi connectivity index (χ1) is 20.9. The average Bonchev–Trinajstić information content (AvgIpc) is 2.97. The number of ether oxygens (including phenoxy) is 1. The molecule has 1 saturated heterocycles. The molecule has 1 heterocycles. The van der Waals surface area contributed by atoms with Crippen molar-refractivity contribution in [1.29, 1.82) is 0 Å². The SMILES string of the molecule is Cc1ccc(S(=O)(=O)Oc2ccc(Br)cc2/C=C2\C(=O)NC(=O)N(c3ccc(OCc4ccc(Cl)cc4Cl)cc3)C2=O)cc1. The van der Waals surface area contributed by atoms with Gasteiger partial charge in [-0.3, -0.25) is 14.9 Å². The van der Waals surface area contributed by atoms with Gasteiger partial charge in [0.2, 0.25) is 0 Å². The van der Waals surface area contributed by atoms with E-state index >= 15 is 0 Å². The maximum atomic E-state index is 13.5. The van der Waals surface area contributed by atoms with E-state index in [1.165, 1.54) is 36.4 Å². The quantitative estimate of drug-likeness (QED) is 0.118. The maximum Gasteiger partial charge on any atom is 0.339 e. The summed E-state index contributed by atoms with van der Waals surface area (Å²) in [6.07, 6.45) is 1.16. The lowest BCUT2D eigenvalue weighted by atomic mass is 10.1. The van der Waals surface area contributed by atoms with Crippen molar-refractivity contribution in [2.45, 2.75) is 18.4 Å². The number of halogens is 3. The molecule has 13 heteroatoms. The van der Waals surface area contributed by atoms with E-state index in [9.17, 15) is 22.8 Å². The van der Waals surface area contributed by atoms with Crippen LogP contribution in [0.1, 0.15) is 16.7 Å². The van der Waals surface area contributed by atoms with Crippen molar-refractivity contribution in [3.05, 3.63) is 122 Å². The molecule has 9 nitrogen and oxygen atoms in total. The normalized spacial score (nSPS) is 14.5. The van der Waals surface area contributed by atoms with E-state index in [1.54, 1.807) is 48.5 Å². The van der Waals surface area contributed by atoms with E-state index in [0.717, 1.165) is 16.5 Å². The lowest BCUT2D eigenvalue weighted by Crippen LogP contribution is -2.54. The van der Waals surface area contributed by atoms with Gasteiger partial charge in [-0.05, 0) is 79.7 Å². The molecule has 224 valence electrons. The third kappa shape index (κ3) is 6.97. The Morgan fingerprint density at radius 1 is 0.909 bits per heavy atom. The standard InChI is InChI=1S/C31H21BrCl2N2O7S/c1-18-2-11-25(12-3-18)44(40,41)43-28-13-5-21(32)14-20(28)15-26-29(37)35-31(39)36(30(26)38)23-7-9-24(10-8-23)42-17-19-4-6-22(33)16-27(19)34/h2-16H,17H2,1H3,(H,35,37,39)/b26-15+. The smallest absolute Gasteiger partial charge is 0.339 e. The molecule has 0 aromatic heterocycles. The highest BCUT2D eigenvalue weighted by Crippen LogP contribution is 2.31. The van der Waals surface area contributed by atoms with Crippen LogP contribution in [0.2, 0.25) is 10.0 Å². The summed E-state index contributed by atoms with van der Waals surface area (Å²) in [5, 5.41) is 3.09. The molecule has 0 bridgehead atoms. The molecular formula is C31H21BrCl2N2O7S. The highest BCUT2D eigenvalue weighted by molar-refractivity contribution is 9.10. The molecule has 0 atom stereocenters. The second-order valence-electron chi connectivity index (χ2n) is 9.51. The predicted molar refractivity (Wildman–Crippen MR) is 169 cm³/mol. The van der Waals surface area contributed by atoms with Gasteiger partial charge >= 0.3 is 16.1 Å². The monoisotopic (exact) mass is 714 g/mol. The summed E-state index contributed by atoms with van der Waals surface area (Å²) >= 11 is 15.4. The maximum absolute atomic E-state index is 13.5. The number of benzene rings is 4. The van der Waals surface area contributed by atoms with Crippen molar-refractivity contribution < 1.29 is 31.7 Å². The van der Waals surface area contributed by atoms with E-state index in [1.807, 2.05) is 6.92 Å². The Balaban J connectivity index is 1.40. The molecule has 0 saturated carbocycles. The van der Waals surface area contributed by atoms with Gasteiger partial charge in [0.25, 0.3) is 11.8 Å². The number of carbonyl (C=O) groups is 3. The van der Waals surface area contributed by atoms with E-state index in [0.29, 0.717) is 25.8 Å². The molecule has 0 aliphatic carbocycles. The minimum absolute atomic E-state index is 0.0726. The fraction of sp³-hybridized carbons (Fsp3) is 0.0645. The van der Waals surface area contributed by atoms with E-state index in [4.69, 9.17) is 32.1 Å². The minimum atomic E-state index is -4.25. The van der Waals surface area contributed by atoms with Gasteiger partial charge < -0.3 is 8.92 Å². The van der Waals surface area contributed by atoms with Gasteiger partial charge in [0.05, 0.1) is 5.69 Å². The molecular weight excluding hydrogens is 695 g/mol. The molecule has 44 heavy (non-hydrogen) atoms. The molecule has 5 rings (SSSR count). The van der Waals surface area contributed by atoms with Crippen molar-refractivity contribution in [2.75, 3.05) is 4.90 Å². The number of barbiturate groups is 1. The third-order valence-electron chi connectivity index (χ3n) is 6.39. The van der Waals surface area contributed by atoms with Crippen LogP contribution in [0.15, 0.2) is 99.9 Å². The zero-order valence-corrected chi connectivity index (χ0v) is 26.6. The molecule has 0 unspecified atom stereocenters. The number of rotatable bonds is 8. The van der Waals surface area contributed by atoms with Gasteiger partial charge in [0.1, 0.15) is 28.6 Å². The summed E-state index contributed by atoms with van der Waals surface area (Å²) in [7, 11) is -4.25. The number of imide groups is 2. The molecule has 4 aromatic rings. The van der Waals surface area contributed by atoms with Gasteiger partial charge in [0.15, 0.2) is 0 Å². The highest BCUT2D eigenvalue weighted by atomic mass is 79.9. The van der Waals surface area contributed by atoms with Crippen LogP contribution >= 0.6 is 39.1 Å². The molecule has 1 aliphatic rings. The number of hydrogen-bond donors (Lipinski definition) is 1. The minimum Gasteiger partial charge on any atom is -0.489 e. The highest BCUT2D eigenvalue weighted by Gasteiger charge is 2.37. The fourth-order valence-corrected chi connectivity index (χ4v) is 5.91. The van der Waals surface area contributed by atoms with Crippen molar-refractivity contribution in [2.24, 2.45) is 0 Å². The van der Waals surface area contributed by atoms with Crippen molar-refractivity contribution in [3.8, 4) is 11.5 Å². The van der Waals surface area contributed by atoms with Gasteiger partial charge in [-0.2, -0.15) is 8.42 Å². The summed E-state index contributed by atoms with van der Waals surface area (Å²) < 4.78 is 37.6. The molecule has 1 fully saturated rings. The van der Waals surface area contributed by atoms with Crippen LogP contribution in [-0.2, 0) is 26.3 Å². The Bertz CT molecular complexity index is 1930. The van der Waals surface area contributed by atoms with Crippen LogP contribution in [0.25, 0.3) is 6.08 Å². The van der Waals surface area contributed by atoms with E-state index in [2.05, 4.69) is 21.2 Å². The lowest BCUT2D eigenvalue weighted by Gasteiger charge is -2.26. The van der Waals surface area contributed by atoms with Gasteiger partial charge in [0, 0.05) is 25.6 Å². The van der Waals surface area contributed by atoms with Crippen LogP contribution in [-0.4, -0.2) is 26.3 Å². The number of hydrogen-bond acceptors (Lipinski definition) is 7. The largest absolute Gasteiger partial charge is 0.489 e. The number of urea groups is 1.